The molecule has 0 bridgehead atoms. The Hall–Kier alpha value is -1.48. The van der Waals surface area contributed by atoms with Crippen LogP contribution in [0, 0.1) is 6.92 Å². The van der Waals surface area contributed by atoms with Crippen molar-refractivity contribution in [1.29, 1.82) is 0 Å². The van der Waals surface area contributed by atoms with E-state index in [0.717, 1.165) is 0 Å². The third-order valence-corrected chi connectivity index (χ3v) is 6.92. The number of nitrogens with one attached hydrogen (secondary N) is 1. The van der Waals surface area contributed by atoms with Crippen LogP contribution >= 0.6 is 22.9 Å². The molecule has 0 radical (unpaired) electrons. The number of carbonyl (C=O) groups is 1. The second-order valence-electron chi connectivity index (χ2n) is 4.96. The monoisotopic (exact) mass is 387 g/mol. The number of sulfonamides is 1. The molecule has 1 heterocycles. The molecular weight excluding hydrogens is 370 g/mol. The maximum Gasteiger partial charge on any atom is 0.267 e. The Kier molecular flexibility index (Phi) is 5.97. The molecule has 24 heavy (non-hydrogen) atoms. The summed E-state index contributed by atoms with van der Waals surface area (Å²) < 4.78 is 26.6. The van der Waals surface area contributed by atoms with E-state index in [4.69, 9.17) is 11.6 Å². The number of halogens is 1. The van der Waals surface area contributed by atoms with Crippen LogP contribution < -0.4 is 5.32 Å². The molecule has 0 aliphatic carbocycles. The van der Waals surface area contributed by atoms with Gasteiger partial charge in [0, 0.05) is 18.8 Å². The molecule has 0 fully saturated rings. The summed E-state index contributed by atoms with van der Waals surface area (Å²) in [7, 11) is -3.71. The lowest BCUT2D eigenvalue weighted by Crippen LogP contribution is -2.30. The predicted octanol–water partition coefficient (Wildman–Crippen LogP) is 3.39. The Morgan fingerprint density at radius 3 is 2.54 bits per heavy atom. The van der Waals surface area contributed by atoms with Crippen LogP contribution in [0.1, 0.15) is 29.2 Å². The largest absolute Gasteiger partial charge is 0.321 e. The van der Waals surface area contributed by atoms with Gasteiger partial charge in [0.1, 0.15) is 9.77 Å². The summed E-state index contributed by atoms with van der Waals surface area (Å²) >= 11 is 7.30. The van der Waals surface area contributed by atoms with Gasteiger partial charge in [0.25, 0.3) is 5.91 Å². The Labute approximate surface area is 150 Å². The molecule has 0 unspecified atom stereocenters. The number of hydrogen-bond donors (Lipinski definition) is 1. The average Bonchev–Trinajstić information content (AvgIpc) is 2.96. The second kappa shape index (κ2) is 7.60. The number of rotatable bonds is 6. The smallest absolute Gasteiger partial charge is 0.267 e. The number of amides is 1. The van der Waals surface area contributed by atoms with Crippen molar-refractivity contribution in [3.63, 3.8) is 0 Å². The maximum absolute atomic E-state index is 12.7. The zero-order valence-corrected chi connectivity index (χ0v) is 15.9. The minimum atomic E-state index is -3.71. The molecule has 1 N–H and O–H groups in total. The lowest BCUT2D eigenvalue weighted by atomic mass is 10.3. The SMILES string of the molecule is CCN(CC)S(=O)(=O)c1cc(NC(=O)c2scnc2C)ccc1Cl. The Balaban J connectivity index is 2.36. The fraction of sp³-hybridized carbons (Fsp3) is 0.333. The van der Waals surface area contributed by atoms with Crippen LogP contribution in [0.4, 0.5) is 5.69 Å². The van der Waals surface area contributed by atoms with E-state index in [1.54, 1.807) is 32.3 Å². The highest BCUT2D eigenvalue weighted by Crippen LogP contribution is 2.28. The topological polar surface area (TPSA) is 79.4 Å². The van der Waals surface area contributed by atoms with Crippen molar-refractivity contribution < 1.29 is 13.2 Å². The Bertz CT molecular complexity index is 845. The summed E-state index contributed by atoms with van der Waals surface area (Å²) in [5.41, 5.74) is 2.58. The highest BCUT2D eigenvalue weighted by Gasteiger charge is 2.25. The van der Waals surface area contributed by atoms with Gasteiger partial charge in [-0.1, -0.05) is 25.4 Å². The van der Waals surface area contributed by atoms with Crippen LogP contribution in [0.2, 0.25) is 5.02 Å². The van der Waals surface area contributed by atoms with E-state index >= 15 is 0 Å². The van der Waals surface area contributed by atoms with Crippen molar-refractivity contribution in [3.8, 4) is 0 Å². The van der Waals surface area contributed by atoms with E-state index in [2.05, 4.69) is 10.3 Å². The first-order valence-corrected chi connectivity index (χ1v) is 10.0. The highest BCUT2D eigenvalue weighted by molar-refractivity contribution is 7.89. The summed E-state index contributed by atoms with van der Waals surface area (Å²) in [4.78, 5) is 16.7. The van der Waals surface area contributed by atoms with Gasteiger partial charge in [-0.2, -0.15) is 4.31 Å². The van der Waals surface area contributed by atoms with Gasteiger partial charge in [-0.3, -0.25) is 4.79 Å². The quantitative estimate of drug-likeness (QED) is 0.823. The number of aryl methyl sites for hydroxylation is 1. The van der Waals surface area contributed by atoms with Crippen LogP contribution in [0.15, 0.2) is 28.6 Å². The van der Waals surface area contributed by atoms with Crippen LogP contribution in [-0.4, -0.2) is 36.7 Å². The van der Waals surface area contributed by atoms with Crippen LogP contribution in [0.3, 0.4) is 0 Å². The van der Waals surface area contributed by atoms with Crippen LogP contribution in [0.5, 0.6) is 0 Å². The van der Waals surface area contributed by atoms with Gasteiger partial charge in [0.2, 0.25) is 10.0 Å². The normalized spacial score (nSPS) is 11.7. The molecule has 0 aliphatic rings. The van der Waals surface area contributed by atoms with Crippen molar-refractivity contribution in [2.45, 2.75) is 25.7 Å². The van der Waals surface area contributed by atoms with Crippen molar-refractivity contribution in [2.24, 2.45) is 0 Å². The molecular formula is C15H18ClN3O3S2. The third kappa shape index (κ3) is 3.77. The minimum Gasteiger partial charge on any atom is -0.321 e. The zero-order chi connectivity index (χ0) is 17.9. The van der Waals surface area contributed by atoms with Gasteiger partial charge < -0.3 is 5.32 Å². The highest BCUT2D eigenvalue weighted by atomic mass is 35.5. The molecule has 0 aliphatic heterocycles. The summed E-state index contributed by atoms with van der Waals surface area (Å²) in [6.07, 6.45) is 0. The number of thiazole rings is 1. The van der Waals surface area contributed by atoms with Gasteiger partial charge in [-0.05, 0) is 25.1 Å². The number of nitrogens with zero attached hydrogens (tertiary/aromatic N) is 2. The molecule has 0 saturated heterocycles. The van der Waals surface area contributed by atoms with Gasteiger partial charge in [0.05, 0.1) is 16.2 Å². The second-order valence-corrected chi connectivity index (χ2v) is 8.12. The summed E-state index contributed by atoms with van der Waals surface area (Å²) in [6.45, 7) is 5.93. The van der Waals surface area contributed by atoms with E-state index in [1.807, 2.05) is 0 Å². The van der Waals surface area contributed by atoms with E-state index in [-0.39, 0.29) is 15.8 Å². The van der Waals surface area contributed by atoms with Crippen molar-refractivity contribution in [1.82, 2.24) is 9.29 Å². The average molecular weight is 388 g/mol. The van der Waals surface area contributed by atoms with Crippen LogP contribution in [0.25, 0.3) is 0 Å². The first-order valence-electron chi connectivity index (χ1n) is 7.32. The molecule has 1 aromatic heterocycles. The molecule has 0 spiro atoms. The molecule has 0 saturated carbocycles. The molecule has 1 aromatic carbocycles. The van der Waals surface area contributed by atoms with Gasteiger partial charge in [-0.25, -0.2) is 13.4 Å². The molecule has 9 heteroatoms. The molecule has 130 valence electrons. The summed E-state index contributed by atoms with van der Waals surface area (Å²) in [5.74, 6) is -0.330. The van der Waals surface area contributed by atoms with Crippen molar-refractivity contribution >= 4 is 44.6 Å². The number of anilines is 1. The fourth-order valence-corrected chi connectivity index (χ4v) is 4.85. The number of aromatic nitrogens is 1. The Morgan fingerprint density at radius 2 is 2.00 bits per heavy atom. The van der Waals surface area contributed by atoms with Gasteiger partial charge in [0.15, 0.2) is 0 Å². The number of hydrogen-bond acceptors (Lipinski definition) is 5. The minimum absolute atomic E-state index is 0.0216. The molecule has 0 atom stereocenters. The molecule has 2 rings (SSSR count). The van der Waals surface area contributed by atoms with E-state index in [1.165, 1.54) is 27.8 Å². The molecule has 2 aromatic rings. The summed E-state index contributed by atoms with van der Waals surface area (Å²) in [5, 5.41) is 2.81. The molecule has 1 amide bonds. The van der Waals surface area contributed by atoms with Gasteiger partial charge >= 0.3 is 0 Å². The fourth-order valence-electron chi connectivity index (χ4n) is 2.19. The van der Waals surface area contributed by atoms with Crippen LogP contribution in [-0.2, 0) is 10.0 Å². The van der Waals surface area contributed by atoms with Gasteiger partial charge in [-0.15, -0.1) is 11.3 Å². The van der Waals surface area contributed by atoms with E-state index < -0.39 is 10.0 Å². The first-order chi connectivity index (χ1) is 11.3. The predicted molar refractivity (Wildman–Crippen MR) is 96.4 cm³/mol. The standard InChI is InChI=1S/C15H18ClN3O3S2/c1-4-19(5-2)24(21,22)13-8-11(6-7-12(13)16)18-15(20)14-10(3)17-9-23-14/h6-9H,4-5H2,1-3H3,(H,18,20). The number of benzene rings is 1. The first kappa shape index (κ1) is 18.9. The number of carbonyl (C=O) groups excluding carboxylic acids is 1. The van der Waals surface area contributed by atoms with E-state index in [9.17, 15) is 13.2 Å². The van der Waals surface area contributed by atoms with Crippen molar-refractivity contribution in [2.75, 3.05) is 18.4 Å². The third-order valence-electron chi connectivity index (χ3n) is 3.46. The lowest BCUT2D eigenvalue weighted by Gasteiger charge is -2.19. The van der Waals surface area contributed by atoms with Crippen molar-refractivity contribution in [3.05, 3.63) is 39.3 Å². The summed E-state index contributed by atoms with van der Waals surface area (Å²) in [6, 6.07) is 4.41. The molecule has 6 nitrogen and oxygen atoms in total. The van der Waals surface area contributed by atoms with E-state index in [0.29, 0.717) is 29.3 Å². The zero-order valence-electron chi connectivity index (χ0n) is 13.5. The Morgan fingerprint density at radius 1 is 1.33 bits per heavy atom. The maximum atomic E-state index is 12.7. The lowest BCUT2D eigenvalue weighted by molar-refractivity contribution is 0.102.